The lowest BCUT2D eigenvalue weighted by Crippen LogP contribution is -2.07. The number of nitrogens with two attached hydrogens (primary N) is 2. The number of rotatable bonds is 0. The van der Waals surface area contributed by atoms with E-state index in [2.05, 4.69) is 0 Å². The first-order valence-electron chi connectivity index (χ1n) is 3.48. The first-order valence-corrected chi connectivity index (χ1v) is 3.48. The Hall–Kier alpha value is -0.700. The van der Waals surface area contributed by atoms with E-state index in [0.29, 0.717) is 12.1 Å². The van der Waals surface area contributed by atoms with Gasteiger partial charge < -0.3 is 11.5 Å². The zero-order valence-electron chi connectivity index (χ0n) is 7.81. The topological polar surface area (TPSA) is 99.7 Å². The molecule has 0 radical (unpaired) electrons. The van der Waals surface area contributed by atoms with E-state index in [1.165, 1.54) is 6.01 Å². The van der Waals surface area contributed by atoms with Crippen molar-refractivity contribution in [3.05, 3.63) is 0 Å². The molecule has 0 fully saturated rings. The number of hydrogen-bond donors (Lipinski definition) is 4. The fraction of sp³-hybridized carbons (Fsp3) is 0.857. The van der Waals surface area contributed by atoms with Crippen molar-refractivity contribution in [2.75, 3.05) is 0 Å². The predicted octanol–water partition coefficient (Wildman–Crippen LogP) is 1.02. The molecular formula is C7H20N4. The first kappa shape index (κ1) is 16.7. The number of hydrogen-bond acceptors (Lipinski definition) is 4. The van der Waals surface area contributed by atoms with Crippen molar-refractivity contribution in [2.24, 2.45) is 11.5 Å². The molecule has 11 heavy (non-hydrogen) atoms. The van der Waals surface area contributed by atoms with Crippen molar-refractivity contribution < 1.29 is 0 Å². The third-order valence-corrected chi connectivity index (χ3v) is 0. The van der Waals surface area contributed by atoms with Crippen LogP contribution in [0.25, 0.3) is 0 Å². The molecule has 0 unspecified atom stereocenters. The molecule has 0 aliphatic heterocycles. The molecule has 0 aliphatic carbocycles. The second kappa shape index (κ2) is 16.1. The van der Waals surface area contributed by atoms with Gasteiger partial charge in [-0.05, 0) is 12.1 Å². The van der Waals surface area contributed by atoms with Gasteiger partial charge in [-0.25, -0.2) is 10.8 Å². The van der Waals surface area contributed by atoms with Crippen LogP contribution in [-0.4, -0.2) is 18.1 Å². The minimum Gasteiger partial charge on any atom is -0.328 e. The summed E-state index contributed by atoms with van der Waals surface area (Å²) in [6, 6.07) is 1.92. The highest BCUT2D eigenvalue weighted by atomic mass is 14.6. The summed E-state index contributed by atoms with van der Waals surface area (Å²) in [5.74, 6) is 0. The van der Waals surface area contributed by atoms with E-state index in [1.54, 1.807) is 0 Å². The summed E-state index contributed by atoms with van der Waals surface area (Å²) in [6.45, 7) is 7.78. The van der Waals surface area contributed by atoms with Gasteiger partial charge in [-0.15, -0.1) is 0 Å². The largest absolute Gasteiger partial charge is 0.328 e. The van der Waals surface area contributed by atoms with Gasteiger partial charge in [-0.1, -0.05) is 27.7 Å². The fourth-order valence-corrected chi connectivity index (χ4v) is 0. The summed E-state index contributed by atoms with van der Waals surface area (Å²) in [4.78, 5) is 0. The fourth-order valence-electron chi connectivity index (χ4n) is 0. The summed E-state index contributed by atoms with van der Waals surface area (Å²) in [5.41, 5.74) is 10.2. The van der Waals surface area contributed by atoms with E-state index < -0.39 is 0 Å². The molecule has 0 aromatic carbocycles. The van der Waals surface area contributed by atoms with E-state index in [0.717, 1.165) is 0 Å². The highest BCUT2D eigenvalue weighted by Gasteiger charge is 1.67. The third kappa shape index (κ3) is 1010. The van der Waals surface area contributed by atoms with Gasteiger partial charge in [0.05, 0.1) is 6.01 Å². The average molecular weight is 160 g/mol. The SMILES string of the molecule is CC(C)N.CC(C)N.N=C=N. The van der Waals surface area contributed by atoms with Crippen LogP contribution < -0.4 is 11.5 Å². The molecule has 0 heterocycles. The Bertz CT molecular complexity index is 70.9. The molecule has 0 atom stereocenters. The maximum Gasteiger partial charge on any atom is 0.0831 e. The molecule has 0 bridgehead atoms. The van der Waals surface area contributed by atoms with Gasteiger partial charge in [-0.3, -0.25) is 0 Å². The lowest BCUT2D eigenvalue weighted by Gasteiger charge is -1.81. The molecule has 0 aromatic heterocycles. The van der Waals surface area contributed by atoms with Crippen LogP contribution in [0.1, 0.15) is 27.7 Å². The summed E-state index contributed by atoms with van der Waals surface area (Å²) in [7, 11) is 0. The third-order valence-electron chi connectivity index (χ3n) is 0. The highest BCUT2D eigenvalue weighted by Crippen LogP contribution is 1.58. The molecule has 0 spiro atoms. The Labute approximate surface area is 69.0 Å². The second-order valence-corrected chi connectivity index (χ2v) is 2.61. The van der Waals surface area contributed by atoms with Crippen LogP contribution in [-0.2, 0) is 0 Å². The second-order valence-electron chi connectivity index (χ2n) is 2.61. The minimum absolute atomic E-state index is 0.333. The van der Waals surface area contributed by atoms with Gasteiger partial charge in [0.25, 0.3) is 0 Å². The average Bonchev–Trinajstić information content (AvgIpc) is 1.60. The molecule has 4 nitrogen and oxygen atoms in total. The van der Waals surface area contributed by atoms with Gasteiger partial charge in [0.2, 0.25) is 0 Å². The van der Waals surface area contributed by atoms with Gasteiger partial charge >= 0.3 is 0 Å². The molecule has 0 aromatic rings. The standard InChI is InChI=1S/2C3H9N.CH2N2/c2*1-3(2)4;2-1-3/h2*3H,4H2,1-2H3;2-3H. The predicted molar refractivity (Wildman–Crippen MR) is 49.1 cm³/mol. The molecule has 0 saturated heterocycles. The lowest BCUT2D eigenvalue weighted by atomic mass is 10.4. The maximum atomic E-state index is 5.62. The number of nitrogens with one attached hydrogen (secondary N) is 2. The zero-order valence-corrected chi connectivity index (χ0v) is 7.81. The van der Waals surface area contributed by atoms with Crippen molar-refractivity contribution in [3.8, 4) is 0 Å². The smallest absolute Gasteiger partial charge is 0.0831 e. The molecule has 0 saturated carbocycles. The summed E-state index contributed by atoms with van der Waals surface area (Å²) in [6.07, 6.45) is 0. The van der Waals surface area contributed by atoms with Crippen molar-refractivity contribution >= 4 is 6.01 Å². The normalized spacial score (nSPS) is 7.27. The Kier molecular flexibility index (Phi) is 24.5. The van der Waals surface area contributed by atoms with Crippen LogP contribution >= 0.6 is 0 Å². The Morgan fingerprint density at radius 3 is 0.909 bits per heavy atom. The van der Waals surface area contributed by atoms with E-state index in [-0.39, 0.29) is 0 Å². The summed E-state index contributed by atoms with van der Waals surface area (Å²) in [5, 5.41) is 11.2. The van der Waals surface area contributed by atoms with Crippen molar-refractivity contribution in [1.29, 1.82) is 10.8 Å². The maximum absolute atomic E-state index is 5.62. The van der Waals surface area contributed by atoms with Crippen LogP contribution in [0.15, 0.2) is 0 Å². The van der Waals surface area contributed by atoms with Gasteiger partial charge in [0.15, 0.2) is 0 Å². The lowest BCUT2D eigenvalue weighted by molar-refractivity contribution is 0.834. The molecule has 6 N–H and O–H groups in total. The minimum atomic E-state index is 0.333. The highest BCUT2D eigenvalue weighted by molar-refractivity contribution is 5.29. The quantitative estimate of drug-likeness (QED) is 0.398. The van der Waals surface area contributed by atoms with Crippen molar-refractivity contribution in [1.82, 2.24) is 0 Å². The van der Waals surface area contributed by atoms with Crippen LogP contribution in [0.5, 0.6) is 0 Å². The molecule has 4 heteroatoms. The van der Waals surface area contributed by atoms with Crippen LogP contribution in [0.2, 0.25) is 0 Å². The van der Waals surface area contributed by atoms with Crippen LogP contribution in [0.3, 0.4) is 0 Å². The van der Waals surface area contributed by atoms with Crippen molar-refractivity contribution in [2.45, 2.75) is 39.8 Å². The van der Waals surface area contributed by atoms with Crippen molar-refractivity contribution in [3.63, 3.8) is 0 Å². The molecule has 0 rings (SSSR count). The molecule has 0 aliphatic rings. The monoisotopic (exact) mass is 160 g/mol. The first-order chi connectivity index (χ1) is 4.88. The van der Waals surface area contributed by atoms with Crippen LogP contribution in [0.4, 0.5) is 0 Å². The van der Waals surface area contributed by atoms with E-state index in [4.69, 9.17) is 22.3 Å². The molecule has 68 valence electrons. The van der Waals surface area contributed by atoms with E-state index in [1.807, 2.05) is 27.7 Å². The molecular weight excluding hydrogens is 140 g/mol. The Morgan fingerprint density at radius 2 is 0.909 bits per heavy atom. The summed E-state index contributed by atoms with van der Waals surface area (Å²) >= 11 is 0. The van der Waals surface area contributed by atoms with Gasteiger partial charge in [0.1, 0.15) is 0 Å². The Balaban J connectivity index is -0.0000000886. The van der Waals surface area contributed by atoms with E-state index >= 15 is 0 Å². The summed E-state index contributed by atoms with van der Waals surface area (Å²) < 4.78 is 0. The Morgan fingerprint density at radius 1 is 0.909 bits per heavy atom. The van der Waals surface area contributed by atoms with E-state index in [9.17, 15) is 0 Å². The molecule has 0 amide bonds. The van der Waals surface area contributed by atoms with Gasteiger partial charge in [0, 0.05) is 0 Å². The van der Waals surface area contributed by atoms with Crippen LogP contribution in [0, 0.1) is 10.8 Å². The van der Waals surface area contributed by atoms with Gasteiger partial charge in [-0.2, -0.15) is 0 Å². The zero-order chi connectivity index (χ0) is 9.86.